The lowest BCUT2D eigenvalue weighted by atomic mass is 9.91. The lowest BCUT2D eigenvalue weighted by molar-refractivity contribution is -0.143. The third-order valence-corrected chi connectivity index (χ3v) is 20.3. The molecule has 7 amide bonds. The Bertz CT molecular complexity index is 3180. The molecule has 4 saturated heterocycles. The van der Waals surface area contributed by atoms with Gasteiger partial charge in [-0.25, -0.2) is 4.39 Å². The number of aryl methyl sites for hydroxylation is 1. The van der Waals surface area contributed by atoms with E-state index < -0.39 is 47.2 Å². The van der Waals surface area contributed by atoms with Crippen molar-refractivity contribution < 1.29 is 71.7 Å². The molecule has 26 nitrogen and oxygen atoms in total. The van der Waals surface area contributed by atoms with Gasteiger partial charge in [0.2, 0.25) is 35.4 Å². The first-order valence-corrected chi connectivity index (χ1v) is 35.7. The molecule has 97 heavy (non-hydrogen) atoms. The topological polar surface area (TPSA) is 314 Å². The summed E-state index contributed by atoms with van der Waals surface area (Å²) >= 11 is 3.61. The lowest BCUT2D eigenvalue weighted by Gasteiger charge is -2.34. The molecule has 0 spiro atoms. The van der Waals surface area contributed by atoms with E-state index in [1.54, 1.807) is 36.1 Å². The van der Waals surface area contributed by atoms with E-state index >= 15 is 0 Å². The van der Waals surface area contributed by atoms with Crippen LogP contribution in [-0.2, 0) is 59.0 Å². The predicted octanol–water partition coefficient (Wildman–Crippen LogP) is 4.46. The van der Waals surface area contributed by atoms with Gasteiger partial charge in [-0.15, -0.1) is 11.8 Å². The van der Waals surface area contributed by atoms with Gasteiger partial charge in [0.1, 0.15) is 30.9 Å². The van der Waals surface area contributed by atoms with Gasteiger partial charge < -0.3 is 45.1 Å². The van der Waals surface area contributed by atoms with Crippen LogP contribution in [0.5, 0.6) is 5.75 Å². The highest BCUT2D eigenvalue weighted by molar-refractivity contribution is 14.1. The fourth-order valence-electron chi connectivity index (χ4n) is 12.6. The summed E-state index contributed by atoms with van der Waals surface area (Å²) in [6.07, 6.45) is 10.3. The first kappa shape index (κ1) is 77.2. The molecule has 4 N–H and O–H groups in total. The summed E-state index contributed by atoms with van der Waals surface area (Å²) in [6, 6.07) is 16.1. The molecule has 0 saturated carbocycles. The number of thioether (sulfide) groups is 1. The number of benzene rings is 2. The van der Waals surface area contributed by atoms with Crippen LogP contribution in [0.3, 0.4) is 0 Å². The number of aromatic nitrogens is 1. The Hall–Kier alpha value is -7.11. The standard InChI is InChI=1S/C68H94FIN12O14S/c1-49(66(92)80-24-20-51(21-25-80)9-5-7-34-96-54-17-18-58-57(35-54)56(19-23-72-58)65(91)75-40-63(88)82-44-68(2,69)37-53(82)38-71)41-81-62(87)36-59(67(81)93)97-55(11-4-3-6-22-73-60(85)12-8-10-50-13-15-52(70)16-14-50)39-74-61(86)42-76-26-27-77(43-64(89)90)29-31-79(46-95-48-84)33-32-78(30-28-76)45-94-47-83/h13-19,23,35,47-49,51,53,55,59H,3-12,20-22,24-34,36-37,39-46H2,1-2H3,(H,73,85)(H,74,86)(H,75,91)(H,89,90)/t49?,53-,55?,59?,68?/m1/s1. The first-order valence-electron chi connectivity index (χ1n) is 33.7. The minimum Gasteiger partial charge on any atom is -0.494 e. The number of alkyl halides is 1. The lowest BCUT2D eigenvalue weighted by Crippen LogP contribution is -2.49. The van der Waals surface area contributed by atoms with E-state index in [0.29, 0.717) is 127 Å². The van der Waals surface area contributed by atoms with E-state index in [9.17, 15) is 62.7 Å². The van der Waals surface area contributed by atoms with E-state index in [0.717, 1.165) is 72.7 Å². The molecule has 1 aromatic heterocycles. The number of nitrogens with zero attached hydrogens (tertiary/aromatic N) is 9. The smallest absolute Gasteiger partial charge is 0.317 e. The zero-order valence-electron chi connectivity index (χ0n) is 55.7. The monoisotopic (exact) mass is 1480 g/mol. The summed E-state index contributed by atoms with van der Waals surface area (Å²) in [5.74, 6) is -2.92. The Morgan fingerprint density at radius 3 is 2.15 bits per heavy atom. The Morgan fingerprint density at radius 1 is 0.825 bits per heavy atom. The van der Waals surface area contributed by atoms with E-state index in [-0.39, 0.29) is 99.4 Å². The summed E-state index contributed by atoms with van der Waals surface area (Å²) in [4.78, 5) is 145. The number of likely N-dealkylation sites (tertiary alicyclic amines) is 3. The molecule has 29 heteroatoms. The molecule has 0 aliphatic carbocycles. The molecule has 4 unspecified atom stereocenters. The Morgan fingerprint density at radius 2 is 1.49 bits per heavy atom. The summed E-state index contributed by atoms with van der Waals surface area (Å²) in [6.45, 7) is 8.03. The molecule has 0 radical (unpaired) electrons. The van der Waals surface area contributed by atoms with Gasteiger partial charge in [-0.2, -0.15) is 5.26 Å². The Balaban J connectivity index is 0.866. The maximum absolute atomic E-state index is 14.6. The second kappa shape index (κ2) is 40.1. The number of carboxylic acid groups (broad SMARTS) is 1. The van der Waals surface area contributed by atoms with Crippen molar-refractivity contribution in [1.29, 1.82) is 5.26 Å². The largest absolute Gasteiger partial charge is 0.494 e. The van der Waals surface area contributed by atoms with Crippen LogP contribution in [0.2, 0.25) is 0 Å². The van der Waals surface area contributed by atoms with Crippen LogP contribution < -0.4 is 20.7 Å². The number of hydrogen-bond acceptors (Lipinski definition) is 20. The minimum absolute atomic E-state index is 0.000818. The van der Waals surface area contributed by atoms with Crippen molar-refractivity contribution in [3.05, 3.63) is 69.4 Å². The van der Waals surface area contributed by atoms with Gasteiger partial charge in [0, 0.05) is 125 Å². The predicted molar refractivity (Wildman–Crippen MR) is 368 cm³/mol. The molecule has 530 valence electrons. The van der Waals surface area contributed by atoms with E-state index in [4.69, 9.17) is 14.2 Å². The van der Waals surface area contributed by atoms with Crippen molar-refractivity contribution in [2.45, 2.75) is 126 Å². The third-order valence-electron chi connectivity index (χ3n) is 18.1. The highest BCUT2D eigenvalue weighted by atomic mass is 127. The van der Waals surface area contributed by atoms with E-state index in [2.05, 4.69) is 67.8 Å². The van der Waals surface area contributed by atoms with Crippen LogP contribution in [0.1, 0.15) is 113 Å². The number of nitrogens with one attached hydrogen (secondary N) is 3. The molecule has 4 fully saturated rings. The van der Waals surface area contributed by atoms with Crippen LogP contribution in [0.4, 0.5) is 4.39 Å². The molecule has 3 aromatic rings. The highest BCUT2D eigenvalue weighted by Crippen LogP contribution is 2.33. The van der Waals surface area contributed by atoms with Gasteiger partial charge in [-0.05, 0) is 129 Å². The number of unbranched alkanes of at least 4 members (excludes halogenated alkanes) is 3. The minimum atomic E-state index is -1.68. The number of imide groups is 1. The normalized spacial score (nSPS) is 20.3. The molecule has 2 aromatic carbocycles. The quantitative estimate of drug-likeness (QED) is 0.0270. The van der Waals surface area contributed by atoms with Crippen molar-refractivity contribution in [1.82, 2.24) is 55.2 Å². The SMILES string of the molecule is CC(CN1C(=O)CC(SC(CCCCCNC(=O)CCCc2ccc(I)cc2)CNC(=O)CN2CCN(COC=O)CCN(COC=O)CCN(CC(=O)O)CC2)C1=O)C(=O)N1CCC(CCCCOc2ccc3nccc(C(=O)NCC(=O)N4CC(C)(F)C[C@@H]4C#N)c3c2)CC1. The number of carbonyl (C=O) groups excluding carboxylic acids is 9. The zero-order chi connectivity index (χ0) is 69.7. The van der Waals surface area contributed by atoms with Crippen LogP contribution in [0, 0.1) is 26.7 Å². The molecule has 5 atom stereocenters. The summed E-state index contributed by atoms with van der Waals surface area (Å²) in [5.41, 5.74) is 0.344. The van der Waals surface area contributed by atoms with Gasteiger partial charge >= 0.3 is 5.97 Å². The van der Waals surface area contributed by atoms with Crippen LogP contribution >= 0.6 is 34.4 Å². The van der Waals surface area contributed by atoms with Gasteiger partial charge in [-0.3, -0.25) is 77.4 Å². The van der Waals surface area contributed by atoms with E-state index in [1.807, 2.05) is 25.7 Å². The van der Waals surface area contributed by atoms with Gasteiger partial charge in [-0.1, -0.05) is 38.3 Å². The van der Waals surface area contributed by atoms with Crippen molar-refractivity contribution in [3.8, 4) is 11.8 Å². The fourth-order valence-corrected chi connectivity index (χ4v) is 14.4. The van der Waals surface area contributed by atoms with Crippen LogP contribution in [0.25, 0.3) is 10.9 Å². The Labute approximate surface area is 584 Å². The number of pyridine rings is 1. The number of nitriles is 1. The third kappa shape index (κ3) is 25.9. The van der Waals surface area contributed by atoms with Gasteiger partial charge in [0.15, 0.2) is 0 Å². The second-order valence-corrected chi connectivity index (χ2v) is 28.5. The van der Waals surface area contributed by atoms with E-state index in [1.165, 1.54) is 35.3 Å². The zero-order valence-corrected chi connectivity index (χ0v) is 58.7. The van der Waals surface area contributed by atoms with Gasteiger partial charge in [0.25, 0.3) is 18.9 Å². The number of piperidine rings is 1. The number of hydrogen-bond donors (Lipinski definition) is 4. The average molecular weight is 1480 g/mol. The highest BCUT2D eigenvalue weighted by Gasteiger charge is 2.44. The number of carboxylic acids is 1. The number of rotatable bonds is 36. The first-order chi connectivity index (χ1) is 46.7. The number of carbonyl (C=O) groups is 10. The van der Waals surface area contributed by atoms with Crippen molar-refractivity contribution in [3.63, 3.8) is 0 Å². The van der Waals surface area contributed by atoms with Crippen molar-refractivity contribution in [2.24, 2.45) is 11.8 Å². The number of fused-ring (bicyclic) bond motifs is 1. The second-order valence-electron chi connectivity index (χ2n) is 25.8. The van der Waals surface area contributed by atoms with Crippen molar-refractivity contribution >= 4 is 106 Å². The average Bonchev–Trinajstić information content (AvgIpc) is 1.58. The Kier molecular flexibility index (Phi) is 31.9. The molecule has 4 aliphatic heterocycles. The number of ether oxygens (including phenoxy) is 3. The molecule has 7 rings (SSSR count). The molecule has 0 bridgehead atoms. The summed E-state index contributed by atoms with van der Waals surface area (Å²) in [7, 11) is 0. The molecule has 5 heterocycles. The number of aliphatic carboxylic acids is 1. The van der Waals surface area contributed by atoms with Gasteiger partial charge in [0.05, 0.1) is 61.1 Å². The molecular formula is C68H94FIN12O14S. The van der Waals surface area contributed by atoms with Crippen LogP contribution in [-0.4, -0.2) is 258 Å². The summed E-state index contributed by atoms with van der Waals surface area (Å²) in [5, 5.41) is 27.4. The molecular weight excluding hydrogens is 1390 g/mol. The fraction of sp³-hybridized carbons (Fsp3) is 0.618. The van der Waals surface area contributed by atoms with Crippen LogP contribution in [0.15, 0.2) is 54.7 Å². The van der Waals surface area contributed by atoms with Crippen molar-refractivity contribution in [2.75, 3.05) is 131 Å². The summed E-state index contributed by atoms with van der Waals surface area (Å²) < 4.78 is 32.0. The number of halogens is 2. The number of amides is 7. The molecule has 4 aliphatic rings. The maximum Gasteiger partial charge on any atom is 0.317 e. The maximum atomic E-state index is 14.6.